The predicted octanol–water partition coefficient (Wildman–Crippen LogP) is -0.490. The molecule has 0 fully saturated rings. The van der Waals surface area contributed by atoms with Gasteiger partial charge in [-0.3, -0.25) is 9.48 Å². The molecular formula is C8H10N6O. The van der Waals surface area contributed by atoms with Crippen LogP contribution in [0.25, 0.3) is 0 Å². The molecule has 0 spiro atoms. The van der Waals surface area contributed by atoms with Gasteiger partial charge in [0.2, 0.25) is 0 Å². The van der Waals surface area contributed by atoms with Gasteiger partial charge >= 0.3 is 0 Å². The van der Waals surface area contributed by atoms with E-state index in [4.69, 9.17) is 0 Å². The molecule has 7 nitrogen and oxygen atoms in total. The SMILES string of the molecule is Cn1cnc(CNc2cc(=O)[nH]cn2)n1. The highest BCUT2D eigenvalue weighted by molar-refractivity contribution is 5.31. The lowest BCUT2D eigenvalue weighted by atomic mass is 10.5. The Morgan fingerprint density at radius 2 is 2.40 bits per heavy atom. The molecule has 0 aliphatic rings. The van der Waals surface area contributed by atoms with Gasteiger partial charge in [0.25, 0.3) is 5.56 Å². The van der Waals surface area contributed by atoms with Gasteiger partial charge in [-0.25, -0.2) is 9.97 Å². The zero-order chi connectivity index (χ0) is 10.7. The van der Waals surface area contributed by atoms with E-state index < -0.39 is 0 Å². The molecule has 0 saturated carbocycles. The fraction of sp³-hybridized carbons (Fsp3) is 0.250. The van der Waals surface area contributed by atoms with Gasteiger partial charge in [0.15, 0.2) is 5.82 Å². The largest absolute Gasteiger partial charge is 0.362 e. The van der Waals surface area contributed by atoms with Crippen molar-refractivity contribution in [3.63, 3.8) is 0 Å². The first-order valence-corrected chi connectivity index (χ1v) is 4.37. The number of aromatic amines is 1. The molecule has 2 heterocycles. The van der Waals surface area contributed by atoms with Gasteiger partial charge in [-0.1, -0.05) is 0 Å². The summed E-state index contributed by atoms with van der Waals surface area (Å²) >= 11 is 0. The van der Waals surface area contributed by atoms with Crippen LogP contribution in [-0.4, -0.2) is 24.7 Å². The predicted molar refractivity (Wildman–Crippen MR) is 53.2 cm³/mol. The number of hydrogen-bond acceptors (Lipinski definition) is 5. The quantitative estimate of drug-likeness (QED) is 0.707. The Morgan fingerprint density at radius 3 is 3.07 bits per heavy atom. The average Bonchev–Trinajstić information content (AvgIpc) is 2.62. The summed E-state index contributed by atoms with van der Waals surface area (Å²) in [6.07, 6.45) is 2.96. The molecule has 0 atom stereocenters. The van der Waals surface area contributed by atoms with Crippen molar-refractivity contribution in [1.82, 2.24) is 24.7 Å². The monoisotopic (exact) mass is 206 g/mol. The zero-order valence-electron chi connectivity index (χ0n) is 8.14. The third-order valence-electron chi connectivity index (χ3n) is 1.75. The Labute approximate surface area is 85.2 Å². The highest BCUT2D eigenvalue weighted by Gasteiger charge is 1.99. The Kier molecular flexibility index (Phi) is 2.44. The molecule has 2 aromatic rings. The zero-order valence-corrected chi connectivity index (χ0v) is 8.14. The summed E-state index contributed by atoms with van der Waals surface area (Å²) in [6, 6.07) is 1.38. The molecule has 2 aromatic heterocycles. The highest BCUT2D eigenvalue weighted by atomic mass is 16.1. The van der Waals surface area contributed by atoms with Crippen molar-refractivity contribution in [3.8, 4) is 0 Å². The number of rotatable bonds is 3. The Hall–Kier alpha value is -2.18. The number of nitrogens with zero attached hydrogens (tertiary/aromatic N) is 4. The van der Waals surface area contributed by atoms with Crippen LogP contribution in [0.3, 0.4) is 0 Å². The lowest BCUT2D eigenvalue weighted by molar-refractivity contribution is 0.747. The number of nitrogens with one attached hydrogen (secondary N) is 2. The van der Waals surface area contributed by atoms with Crippen molar-refractivity contribution in [2.24, 2.45) is 7.05 Å². The number of aromatic nitrogens is 5. The van der Waals surface area contributed by atoms with Crippen LogP contribution in [0.5, 0.6) is 0 Å². The van der Waals surface area contributed by atoms with Crippen LogP contribution in [0, 0.1) is 0 Å². The number of aryl methyl sites for hydroxylation is 1. The van der Waals surface area contributed by atoms with Gasteiger partial charge < -0.3 is 10.3 Å². The van der Waals surface area contributed by atoms with E-state index in [2.05, 4.69) is 25.4 Å². The summed E-state index contributed by atoms with van der Waals surface area (Å²) in [7, 11) is 1.79. The molecule has 0 bridgehead atoms. The molecule has 0 saturated heterocycles. The highest BCUT2D eigenvalue weighted by Crippen LogP contribution is 1.97. The molecule has 0 amide bonds. The molecule has 7 heteroatoms. The summed E-state index contributed by atoms with van der Waals surface area (Å²) in [5.74, 6) is 1.16. The van der Waals surface area contributed by atoms with Gasteiger partial charge in [0.1, 0.15) is 12.1 Å². The molecule has 0 aromatic carbocycles. The van der Waals surface area contributed by atoms with Crippen LogP contribution >= 0.6 is 0 Å². The van der Waals surface area contributed by atoms with Gasteiger partial charge in [0, 0.05) is 13.1 Å². The minimum atomic E-state index is -0.193. The number of H-pyrrole nitrogens is 1. The maximum atomic E-state index is 10.9. The van der Waals surface area contributed by atoms with Gasteiger partial charge in [-0.05, 0) is 0 Å². The molecule has 15 heavy (non-hydrogen) atoms. The van der Waals surface area contributed by atoms with Crippen LogP contribution in [0.2, 0.25) is 0 Å². The summed E-state index contributed by atoms with van der Waals surface area (Å²) < 4.78 is 1.61. The standard InChI is InChI=1S/C8H10N6O/c1-14-5-12-7(13-14)3-9-6-2-8(15)11-4-10-6/h2,4-5H,3H2,1H3,(H2,9,10,11,15). The maximum absolute atomic E-state index is 10.9. The van der Waals surface area contributed by atoms with Crippen molar-refractivity contribution in [2.75, 3.05) is 5.32 Å². The van der Waals surface area contributed by atoms with Crippen LogP contribution < -0.4 is 10.9 Å². The topological polar surface area (TPSA) is 88.5 Å². The number of hydrogen-bond donors (Lipinski definition) is 2. The Balaban J connectivity index is 2.02. The van der Waals surface area contributed by atoms with E-state index in [0.29, 0.717) is 18.2 Å². The first-order chi connectivity index (χ1) is 7.24. The first-order valence-electron chi connectivity index (χ1n) is 4.37. The van der Waals surface area contributed by atoms with Gasteiger partial charge in [-0.2, -0.15) is 5.10 Å². The second kappa shape index (κ2) is 3.91. The van der Waals surface area contributed by atoms with E-state index in [0.717, 1.165) is 0 Å². The van der Waals surface area contributed by atoms with Crippen LogP contribution in [0.15, 0.2) is 23.5 Å². The van der Waals surface area contributed by atoms with Gasteiger partial charge in [-0.15, -0.1) is 0 Å². The van der Waals surface area contributed by atoms with Crippen molar-refractivity contribution in [2.45, 2.75) is 6.54 Å². The fourth-order valence-electron chi connectivity index (χ4n) is 1.10. The van der Waals surface area contributed by atoms with E-state index in [-0.39, 0.29) is 5.56 Å². The maximum Gasteiger partial charge on any atom is 0.252 e. The molecule has 2 N–H and O–H groups in total. The molecule has 0 aliphatic carbocycles. The van der Waals surface area contributed by atoms with Crippen LogP contribution in [0.1, 0.15) is 5.82 Å². The fourth-order valence-corrected chi connectivity index (χ4v) is 1.10. The van der Waals surface area contributed by atoms with Crippen LogP contribution in [0.4, 0.5) is 5.82 Å². The van der Waals surface area contributed by atoms with Crippen molar-refractivity contribution < 1.29 is 0 Å². The third-order valence-corrected chi connectivity index (χ3v) is 1.75. The van der Waals surface area contributed by atoms with E-state index in [1.54, 1.807) is 18.1 Å². The van der Waals surface area contributed by atoms with Crippen molar-refractivity contribution in [1.29, 1.82) is 0 Å². The lowest BCUT2D eigenvalue weighted by Crippen LogP contribution is -2.09. The smallest absolute Gasteiger partial charge is 0.252 e. The minimum Gasteiger partial charge on any atom is -0.362 e. The van der Waals surface area contributed by atoms with Gasteiger partial charge in [0.05, 0.1) is 12.9 Å². The molecule has 0 aliphatic heterocycles. The van der Waals surface area contributed by atoms with Crippen molar-refractivity contribution >= 4 is 5.82 Å². The van der Waals surface area contributed by atoms with E-state index in [1.165, 1.54) is 12.4 Å². The summed E-state index contributed by atoms with van der Waals surface area (Å²) in [5, 5.41) is 7.02. The molecule has 0 unspecified atom stereocenters. The summed E-state index contributed by atoms with van der Waals surface area (Å²) in [6.45, 7) is 0.442. The second-order valence-corrected chi connectivity index (χ2v) is 2.98. The molecule has 0 radical (unpaired) electrons. The number of anilines is 1. The lowest BCUT2D eigenvalue weighted by Gasteiger charge is -2.00. The Bertz CT molecular complexity index is 502. The van der Waals surface area contributed by atoms with Crippen LogP contribution in [-0.2, 0) is 13.6 Å². The first kappa shape index (κ1) is 9.38. The molecule has 2 rings (SSSR count). The van der Waals surface area contributed by atoms with E-state index >= 15 is 0 Å². The van der Waals surface area contributed by atoms with E-state index in [1.807, 2.05) is 0 Å². The van der Waals surface area contributed by atoms with E-state index in [9.17, 15) is 4.79 Å². The minimum absolute atomic E-state index is 0.193. The second-order valence-electron chi connectivity index (χ2n) is 2.98. The molecule has 78 valence electrons. The third kappa shape index (κ3) is 2.39. The summed E-state index contributed by atoms with van der Waals surface area (Å²) in [4.78, 5) is 21.3. The van der Waals surface area contributed by atoms with Crippen molar-refractivity contribution in [3.05, 3.63) is 34.9 Å². The Morgan fingerprint density at radius 1 is 1.53 bits per heavy atom. The normalized spacial score (nSPS) is 10.2. The summed E-state index contributed by atoms with van der Waals surface area (Å²) in [5.41, 5.74) is -0.193. The molecular weight excluding hydrogens is 196 g/mol. The average molecular weight is 206 g/mol.